The Morgan fingerprint density at radius 1 is 1.27 bits per heavy atom. The third-order valence-electron chi connectivity index (χ3n) is 3.04. The predicted molar refractivity (Wildman–Crippen MR) is 52.8 cm³/mol. The molecule has 0 aliphatic heterocycles. The van der Waals surface area contributed by atoms with Crippen LogP contribution in [-0.2, 0) is 0 Å². The lowest BCUT2D eigenvalue weighted by Gasteiger charge is -2.23. The first-order valence-electron chi connectivity index (χ1n) is 5.09. The van der Waals surface area contributed by atoms with E-state index in [9.17, 15) is 13.6 Å². The summed E-state index contributed by atoms with van der Waals surface area (Å²) in [5.74, 6) is -1.43. The Morgan fingerprint density at radius 3 is 2.20 bits per heavy atom. The van der Waals surface area contributed by atoms with Crippen LogP contribution in [0.4, 0.5) is 8.78 Å². The van der Waals surface area contributed by atoms with Crippen molar-refractivity contribution in [2.24, 2.45) is 5.92 Å². The smallest absolute Gasteiger partial charge is 0.166 e. The summed E-state index contributed by atoms with van der Waals surface area (Å²) in [5, 5.41) is 0. The molecule has 80 valence electrons. The van der Waals surface area contributed by atoms with E-state index in [0.29, 0.717) is 0 Å². The van der Waals surface area contributed by atoms with Gasteiger partial charge in [0.1, 0.15) is 11.6 Å². The topological polar surface area (TPSA) is 17.1 Å². The monoisotopic (exact) mass is 210 g/mol. The highest BCUT2D eigenvalue weighted by Crippen LogP contribution is 2.30. The molecule has 15 heavy (non-hydrogen) atoms. The van der Waals surface area contributed by atoms with Crippen LogP contribution in [0, 0.1) is 24.5 Å². The third kappa shape index (κ3) is 1.78. The maximum absolute atomic E-state index is 13.2. The van der Waals surface area contributed by atoms with E-state index in [-0.39, 0.29) is 22.8 Å². The highest BCUT2D eigenvalue weighted by molar-refractivity contribution is 5.98. The number of hydrogen-bond acceptors (Lipinski definition) is 1. The first-order chi connectivity index (χ1) is 7.09. The van der Waals surface area contributed by atoms with Crippen molar-refractivity contribution in [2.75, 3.05) is 0 Å². The molecule has 3 heteroatoms. The molecule has 0 bridgehead atoms. The van der Waals surface area contributed by atoms with Gasteiger partial charge in [0.15, 0.2) is 5.78 Å². The third-order valence-corrected chi connectivity index (χ3v) is 3.04. The van der Waals surface area contributed by atoms with Gasteiger partial charge in [-0.2, -0.15) is 0 Å². The quantitative estimate of drug-likeness (QED) is 0.685. The van der Waals surface area contributed by atoms with Gasteiger partial charge in [0.05, 0.1) is 0 Å². The second-order valence-corrected chi connectivity index (χ2v) is 4.06. The van der Waals surface area contributed by atoms with E-state index in [1.54, 1.807) is 0 Å². The van der Waals surface area contributed by atoms with Crippen molar-refractivity contribution in [2.45, 2.75) is 26.2 Å². The van der Waals surface area contributed by atoms with Crippen LogP contribution in [0.5, 0.6) is 0 Å². The first-order valence-corrected chi connectivity index (χ1v) is 5.09. The van der Waals surface area contributed by atoms with Crippen molar-refractivity contribution in [1.82, 2.24) is 0 Å². The molecule has 0 aromatic heterocycles. The minimum atomic E-state index is -0.641. The van der Waals surface area contributed by atoms with Crippen LogP contribution >= 0.6 is 0 Å². The van der Waals surface area contributed by atoms with Crippen molar-refractivity contribution < 1.29 is 13.6 Å². The Hall–Kier alpha value is -1.25. The molecule has 0 atom stereocenters. The van der Waals surface area contributed by atoms with Crippen LogP contribution in [0.15, 0.2) is 12.1 Å². The fraction of sp³-hybridized carbons (Fsp3) is 0.417. The standard InChI is InChI=1S/C12H12F2O/c1-7-10(13)5-9(6-11(7)14)12(15)8-3-2-4-8/h5-6,8H,2-4H2,1H3. The lowest BCUT2D eigenvalue weighted by molar-refractivity contribution is 0.0854. The fourth-order valence-electron chi connectivity index (χ4n) is 1.69. The highest BCUT2D eigenvalue weighted by Gasteiger charge is 2.27. The lowest BCUT2D eigenvalue weighted by Crippen LogP contribution is -2.22. The first kappa shape index (κ1) is 10.3. The zero-order valence-electron chi connectivity index (χ0n) is 8.52. The highest BCUT2D eigenvalue weighted by atomic mass is 19.1. The van der Waals surface area contributed by atoms with Crippen LogP contribution in [0.3, 0.4) is 0 Å². The zero-order chi connectivity index (χ0) is 11.0. The largest absolute Gasteiger partial charge is 0.294 e. The average molecular weight is 210 g/mol. The molecule has 0 saturated heterocycles. The van der Waals surface area contributed by atoms with Gasteiger partial charge in [0.2, 0.25) is 0 Å². The van der Waals surface area contributed by atoms with Crippen molar-refractivity contribution in [1.29, 1.82) is 0 Å². The van der Waals surface area contributed by atoms with Gasteiger partial charge in [-0.1, -0.05) is 6.42 Å². The fourth-order valence-corrected chi connectivity index (χ4v) is 1.69. The molecule has 0 N–H and O–H groups in total. The Morgan fingerprint density at radius 2 is 1.80 bits per heavy atom. The summed E-state index contributed by atoms with van der Waals surface area (Å²) in [5.41, 5.74) is 0.139. The second-order valence-electron chi connectivity index (χ2n) is 4.06. The van der Waals surface area contributed by atoms with Gasteiger partial charge < -0.3 is 0 Å². The molecule has 1 aromatic carbocycles. The summed E-state index contributed by atoms with van der Waals surface area (Å²) >= 11 is 0. The van der Waals surface area contributed by atoms with E-state index in [2.05, 4.69) is 0 Å². The summed E-state index contributed by atoms with van der Waals surface area (Å²) in [6, 6.07) is 2.28. The second kappa shape index (κ2) is 3.72. The molecule has 0 amide bonds. The SMILES string of the molecule is Cc1c(F)cc(C(=O)C2CCC2)cc1F. The Balaban J connectivity index is 2.32. The average Bonchev–Trinajstić information content (AvgIpc) is 2.10. The summed E-state index contributed by atoms with van der Waals surface area (Å²) in [4.78, 5) is 11.7. The Labute approximate surface area is 87.1 Å². The number of carbonyl (C=O) groups excluding carboxylic acids is 1. The summed E-state index contributed by atoms with van der Waals surface area (Å²) in [7, 11) is 0. The maximum atomic E-state index is 13.2. The van der Waals surface area contributed by atoms with Gasteiger partial charge in [-0.25, -0.2) is 8.78 Å². The van der Waals surface area contributed by atoms with Gasteiger partial charge >= 0.3 is 0 Å². The van der Waals surface area contributed by atoms with Crippen LogP contribution in [0.25, 0.3) is 0 Å². The van der Waals surface area contributed by atoms with Crippen LogP contribution < -0.4 is 0 Å². The van der Waals surface area contributed by atoms with Crippen molar-refractivity contribution in [3.05, 3.63) is 34.9 Å². The molecule has 2 rings (SSSR count). The Bertz CT molecular complexity index is 385. The molecule has 1 saturated carbocycles. The van der Waals surface area contributed by atoms with E-state index in [4.69, 9.17) is 0 Å². The number of Topliss-reactive ketones (excluding diaryl/α,β-unsaturated/α-hetero) is 1. The van der Waals surface area contributed by atoms with Gasteiger partial charge in [0, 0.05) is 17.0 Å². The molecular formula is C12H12F2O. The number of rotatable bonds is 2. The molecule has 1 aromatic rings. The van der Waals surface area contributed by atoms with Crippen LogP contribution in [-0.4, -0.2) is 5.78 Å². The molecule has 1 fully saturated rings. The number of ketones is 1. The molecule has 1 aliphatic carbocycles. The molecule has 0 radical (unpaired) electrons. The van der Waals surface area contributed by atoms with E-state index in [1.165, 1.54) is 6.92 Å². The van der Waals surface area contributed by atoms with E-state index in [1.807, 2.05) is 0 Å². The summed E-state index contributed by atoms with van der Waals surface area (Å²) in [6.45, 7) is 1.36. The molecule has 0 heterocycles. The molecule has 0 spiro atoms. The summed E-state index contributed by atoms with van der Waals surface area (Å²) < 4.78 is 26.4. The van der Waals surface area contributed by atoms with Crippen molar-refractivity contribution in [3.63, 3.8) is 0 Å². The van der Waals surface area contributed by atoms with Gasteiger partial charge in [-0.15, -0.1) is 0 Å². The van der Waals surface area contributed by atoms with E-state index in [0.717, 1.165) is 31.4 Å². The maximum Gasteiger partial charge on any atom is 0.166 e. The van der Waals surface area contributed by atoms with Crippen LogP contribution in [0.1, 0.15) is 35.2 Å². The van der Waals surface area contributed by atoms with Gasteiger partial charge in [-0.3, -0.25) is 4.79 Å². The minimum absolute atomic E-state index is 0.0218. The minimum Gasteiger partial charge on any atom is -0.294 e. The number of halogens is 2. The van der Waals surface area contributed by atoms with Gasteiger partial charge in [0.25, 0.3) is 0 Å². The van der Waals surface area contributed by atoms with Crippen LogP contribution in [0.2, 0.25) is 0 Å². The lowest BCUT2D eigenvalue weighted by atomic mass is 9.80. The normalized spacial score (nSPS) is 16.2. The molecule has 1 aliphatic rings. The predicted octanol–water partition coefficient (Wildman–Crippen LogP) is 3.26. The zero-order valence-corrected chi connectivity index (χ0v) is 8.52. The summed E-state index contributed by atoms with van der Waals surface area (Å²) in [6.07, 6.45) is 2.72. The number of benzene rings is 1. The number of carbonyl (C=O) groups is 1. The van der Waals surface area contributed by atoms with Gasteiger partial charge in [-0.05, 0) is 31.9 Å². The Kier molecular flexibility index (Phi) is 2.55. The molecule has 0 unspecified atom stereocenters. The molecule has 1 nitrogen and oxygen atoms in total. The molecular weight excluding hydrogens is 198 g/mol. The number of hydrogen-bond donors (Lipinski definition) is 0. The van der Waals surface area contributed by atoms with E-state index >= 15 is 0 Å². The van der Waals surface area contributed by atoms with E-state index < -0.39 is 11.6 Å². The van der Waals surface area contributed by atoms with Crippen molar-refractivity contribution >= 4 is 5.78 Å². The van der Waals surface area contributed by atoms with Crippen molar-refractivity contribution in [3.8, 4) is 0 Å².